The molecule has 0 aliphatic heterocycles. The molecule has 1 heterocycles. The number of nitrogens with zero attached hydrogens (tertiary/aromatic N) is 1. The number of aromatic nitrogens is 1. The highest BCUT2D eigenvalue weighted by Crippen LogP contribution is 2.30. The van der Waals surface area contributed by atoms with Gasteiger partial charge in [0.15, 0.2) is 5.69 Å². The van der Waals surface area contributed by atoms with Crippen LogP contribution in [0, 0.1) is 0 Å². The highest BCUT2D eigenvalue weighted by atomic mass is 32.1. The molecule has 2 rings (SSSR count). The van der Waals surface area contributed by atoms with Gasteiger partial charge in [-0.1, -0.05) is 6.92 Å². The van der Waals surface area contributed by atoms with Crippen molar-refractivity contribution >= 4 is 17.3 Å². The molecular weight excluding hydrogens is 286 g/mol. The van der Waals surface area contributed by atoms with E-state index in [1.807, 2.05) is 38.1 Å². The van der Waals surface area contributed by atoms with E-state index in [9.17, 15) is 4.79 Å². The number of esters is 1. The maximum atomic E-state index is 11.9. The molecule has 1 aromatic heterocycles. The average molecular weight is 305 g/mol. The Morgan fingerprint density at radius 1 is 1.14 bits per heavy atom. The van der Waals surface area contributed by atoms with E-state index < -0.39 is 0 Å². The standard InChI is InChI=1S/C16H19NO3S/c1-4-13-14(16(18)20-6-3)17-15(21-13)11-7-9-12(10-8-11)19-5-2/h7-10H,4-6H2,1-3H3. The number of ether oxygens (including phenoxy) is 2. The van der Waals surface area contributed by atoms with Gasteiger partial charge in [-0.3, -0.25) is 0 Å². The van der Waals surface area contributed by atoms with Gasteiger partial charge < -0.3 is 9.47 Å². The fourth-order valence-electron chi connectivity index (χ4n) is 1.93. The molecule has 0 amide bonds. The first-order chi connectivity index (χ1) is 10.2. The van der Waals surface area contributed by atoms with E-state index in [-0.39, 0.29) is 5.97 Å². The van der Waals surface area contributed by atoms with E-state index in [2.05, 4.69) is 4.98 Å². The third-order valence-corrected chi connectivity index (χ3v) is 4.15. The smallest absolute Gasteiger partial charge is 0.358 e. The van der Waals surface area contributed by atoms with E-state index in [0.717, 1.165) is 27.6 Å². The SMILES string of the molecule is CCOC(=O)c1nc(-c2ccc(OCC)cc2)sc1CC. The van der Waals surface area contributed by atoms with Crippen molar-refractivity contribution in [2.45, 2.75) is 27.2 Å². The lowest BCUT2D eigenvalue weighted by Gasteiger charge is -2.02. The lowest BCUT2D eigenvalue weighted by molar-refractivity contribution is 0.0519. The minimum Gasteiger partial charge on any atom is -0.494 e. The van der Waals surface area contributed by atoms with Crippen molar-refractivity contribution in [1.29, 1.82) is 0 Å². The summed E-state index contributed by atoms with van der Waals surface area (Å²) in [6.45, 7) is 6.76. The van der Waals surface area contributed by atoms with Crippen molar-refractivity contribution in [3.05, 3.63) is 34.8 Å². The minimum atomic E-state index is -0.345. The molecule has 0 saturated heterocycles. The van der Waals surface area contributed by atoms with E-state index >= 15 is 0 Å². The van der Waals surface area contributed by atoms with E-state index in [1.165, 1.54) is 11.3 Å². The number of hydrogen-bond acceptors (Lipinski definition) is 5. The Bertz CT molecular complexity index is 604. The largest absolute Gasteiger partial charge is 0.494 e. The Kier molecular flexibility index (Phi) is 5.33. The van der Waals surface area contributed by atoms with Gasteiger partial charge in [-0.05, 0) is 44.5 Å². The number of hydrogen-bond donors (Lipinski definition) is 0. The molecule has 5 heteroatoms. The molecule has 112 valence electrons. The number of aryl methyl sites for hydroxylation is 1. The molecule has 0 spiro atoms. The highest BCUT2D eigenvalue weighted by Gasteiger charge is 2.18. The summed E-state index contributed by atoms with van der Waals surface area (Å²) < 4.78 is 10.5. The zero-order valence-electron chi connectivity index (χ0n) is 12.5. The van der Waals surface area contributed by atoms with Gasteiger partial charge in [0.25, 0.3) is 0 Å². The fraction of sp³-hybridized carbons (Fsp3) is 0.375. The Morgan fingerprint density at radius 2 is 1.86 bits per heavy atom. The molecule has 0 unspecified atom stereocenters. The summed E-state index contributed by atoms with van der Waals surface area (Å²) in [7, 11) is 0. The van der Waals surface area contributed by atoms with Crippen molar-refractivity contribution < 1.29 is 14.3 Å². The van der Waals surface area contributed by atoms with Gasteiger partial charge in [0.1, 0.15) is 10.8 Å². The molecule has 0 N–H and O–H groups in total. The molecule has 4 nitrogen and oxygen atoms in total. The van der Waals surface area contributed by atoms with Crippen LogP contribution in [0.4, 0.5) is 0 Å². The first-order valence-corrected chi connectivity index (χ1v) is 7.91. The van der Waals surface area contributed by atoms with Crippen molar-refractivity contribution in [2.75, 3.05) is 13.2 Å². The zero-order valence-corrected chi connectivity index (χ0v) is 13.3. The number of rotatable bonds is 6. The number of carbonyl (C=O) groups excluding carboxylic acids is 1. The van der Waals surface area contributed by atoms with Crippen LogP contribution in [0.1, 0.15) is 36.1 Å². The van der Waals surface area contributed by atoms with Gasteiger partial charge in [0.2, 0.25) is 0 Å². The lowest BCUT2D eigenvalue weighted by Crippen LogP contribution is -2.07. The highest BCUT2D eigenvalue weighted by molar-refractivity contribution is 7.15. The lowest BCUT2D eigenvalue weighted by atomic mass is 10.2. The second-order valence-corrected chi connectivity index (χ2v) is 5.41. The average Bonchev–Trinajstić information content (AvgIpc) is 2.93. The van der Waals surface area contributed by atoms with E-state index in [1.54, 1.807) is 6.92 Å². The summed E-state index contributed by atoms with van der Waals surface area (Å²) in [6.07, 6.45) is 0.767. The summed E-state index contributed by atoms with van der Waals surface area (Å²) in [4.78, 5) is 17.3. The fourth-order valence-corrected chi connectivity index (χ4v) is 2.93. The third kappa shape index (κ3) is 3.61. The molecule has 0 radical (unpaired) electrons. The molecule has 0 fully saturated rings. The minimum absolute atomic E-state index is 0.345. The molecule has 0 aliphatic carbocycles. The van der Waals surface area contributed by atoms with Crippen molar-refractivity contribution in [3.8, 4) is 16.3 Å². The quantitative estimate of drug-likeness (QED) is 0.758. The third-order valence-electron chi connectivity index (χ3n) is 2.90. The molecule has 0 saturated carbocycles. The zero-order chi connectivity index (χ0) is 15.2. The van der Waals surface area contributed by atoms with Crippen molar-refractivity contribution in [1.82, 2.24) is 4.98 Å². The molecular formula is C16H19NO3S. The van der Waals surface area contributed by atoms with Crippen molar-refractivity contribution in [3.63, 3.8) is 0 Å². The van der Waals surface area contributed by atoms with Gasteiger partial charge in [-0.15, -0.1) is 11.3 Å². The summed E-state index contributed by atoms with van der Waals surface area (Å²) in [6, 6.07) is 7.74. The van der Waals surface area contributed by atoms with Crippen LogP contribution in [0.15, 0.2) is 24.3 Å². The maximum Gasteiger partial charge on any atom is 0.358 e. The van der Waals surface area contributed by atoms with Gasteiger partial charge in [0, 0.05) is 10.4 Å². The van der Waals surface area contributed by atoms with Crippen LogP contribution in [-0.2, 0) is 11.2 Å². The second-order valence-electron chi connectivity index (χ2n) is 4.32. The van der Waals surface area contributed by atoms with Crippen LogP contribution in [0.5, 0.6) is 5.75 Å². The summed E-state index contributed by atoms with van der Waals surface area (Å²) >= 11 is 1.53. The predicted octanol–water partition coefficient (Wildman–Crippen LogP) is 3.95. The second kappa shape index (κ2) is 7.22. The van der Waals surface area contributed by atoms with Crippen LogP contribution in [0.3, 0.4) is 0 Å². The Labute approximate surface area is 128 Å². The van der Waals surface area contributed by atoms with E-state index in [4.69, 9.17) is 9.47 Å². The number of benzene rings is 1. The topological polar surface area (TPSA) is 48.4 Å². The summed E-state index contributed by atoms with van der Waals surface area (Å²) in [5.74, 6) is 0.488. The monoisotopic (exact) mass is 305 g/mol. The Morgan fingerprint density at radius 3 is 2.43 bits per heavy atom. The van der Waals surface area contributed by atoms with Gasteiger partial charge >= 0.3 is 5.97 Å². The van der Waals surface area contributed by atoms with Crippen molar-refractivity contribution in [2.24, 2.45) is 0 Å². The number of thiazole rings is 1. The first kappa shape index (κ1) is 15.5. The van der Waals surface area contributed by atoms with Gasteiger partial charge in [-0.25, -0.2) is 9.78 Å². The van der Waals surface area contributed by atoms with E-state index in [0.29, 0.717) is 18.9 Å². The molecule has 0 aliphatic rings. The normalized spacial score (nSPS) is 10.4. The molecule has 21 heavy (non-hydrogen) atoms. The molecule has 0 bridgehead atoms. The number of carbonyl (C=O) groups is 1. The molecule has 2 aromatic rings. The Balaban J connectivity index is 2.29. The van der Waals surface area contributed by atoms with Crippen LogP contribution in [0.25, 0.3) is 10.6 Å². The predicted molar refractivity (Wildman–Crippen MR) is 84.1 cm³/mol. The van der Waals surface area contributed by atoms with Crippen LogP contribution in [-0.4, -0.2) is 24.2 Å². The summed E-state index contributed by atoms with van der Waals surface area (Å²) in [5.41, 5.74) is 1.42. The molecule has 1 aromatic carbocycles. The maximum absolute atomic E-state index is 11.9. The molecule has 0 atom stereocenters. The van der Waals surface area contributed by atoms with Crippen LogP contribution in [0.2, 0.25) is 0 Å². The summed E-state index contributed by atoms with van der Waals surface area (Å²) in [5, 5.41) is 0.831. The van der Waals surface area contributed by atoms with Crippen LogP contribution < -0.4 is 4.74 Å². The van der Waals surface area contributed by atoms with Gasteiger partial charge in [0.05, 0.1) is 13.2 Å². The van der Waals surface area contributed by atoms with Gasteiger partial charge in [-0.2, -0.15) is 0 Å². The Hall–Kier alpha value is -1.88. The first-order valence-electron chi connectivity index (χ1n) is 7.09. The van der Waals surface area contributed by atoms with Crippen LogP contribution >= 0.6 is 11.3 Å².